The smallest absolute Gasteiger partial charge is 0.234 e. The molecule has 0 aromatic heterocycles. The number of amidine groups is 1. The first-order valence-corrected chi connectivity index (χ1v) is 2.96. The van der Waals surface area contributed by atoms with Gasteiger partial charge < -0.3 is 10.2 Å². The molecule has 0 radical (unpaired) electrons. The number of hydrogen-bond donors (Lipinski definition) is 3. The van der Waals surface area contributed by atoms with Gasteiger partial charge in [0, 0.05) is 0 Å². The maximum absolute atomic E-state index is 10.7. The van der Waals surface area contributed by atoms with Crippen LogP contribution in [0.4, 0.5) is 0 Å². The van der Waals surface area contributed by atoms with Crippen molar-refractivity contribution in [3.8, 4) is 0 Å². The van der Waals surface area contributed by atoms with E-state index in [0.717, 1.165) is 0 Å². The lowest BCUT2D eigenvalue weighted by atomic mass is 10.2. The Balaban J connectivity index is 2.92. The molecule has 0 saturated heterocycles. The van der Waals surface area contributed by atoms with E-state index in [9.17, 15) is 4.79 Å². The van der Waals surface area contributed by atoms with E-state index in [-0.39, 0.29) is 5.84 Å². The highest BCUT2D eigenvalue weighted by Crippen LogP contribution is 2.07. The second kappa shape index (κ2) is 2.57. The fourth-order valence-corrected chi connectivity index (χ4v) is 0.731. The molecule has 3 N–H and O–H groups in total. The third-order valence-corrected chi connectivity index (χ3v) is 1.38. The minimum Gasteiger partial charge on any atom is -0.365 e. The summed E-state index contributed by atoms with van der Waals surface area (Å²) >= 11 is 0. The zero-order valence-electron chi connectivity index (χ0n) is 5.80. The highest BCUT2D eigenvalue weighted by Gasteiger charge is 2.33. The Morgan fingerprint density at radius 3 is 2.64 bits per heavy atom. The summed E-state index contributed by atoms with van der Waals surface area (Å²) < 4.78 is 0. The number of carbonyl (C=O) groups excluding carboxylic acids is 1. The average Bonchev–Trinajstić information content (AvgIpc) is 1.97. The highest BCUT2D eigenvalue weighted by molar-refractivity contribution is 5.95. The van der Waals surface area contributed by atoms with Gasteiger partial charge in [0.1, 0.15) is 5.84 Å². The summed E-state index contributed by atoms with van der Waals surface area (Å²) in [4.78, 5) is 14.0. The molecule has 1 aliphatic heterocycles. The fourth-order valence-electron chi connectivity index (χ4n) is 0.731. The molecule has 0 spiro atoms. The Morgan fingerprint density at radius 2 is 2.09 bits per heavy atom. The maximum Gasteiger partial charge on any atom is 0.234 e. The van der Waals surface area contributed by atoms with Crippen LogP contribution >= 0.6 is 0 Å². The summed E-state index contributed by atoms with van der Waals surface area (Å²) in [7, 11) is 0. The molecule has 0 bridgehead atoms. The van der Waals surface area contributed by atoms with Gasteiger partial charge in [-0.05, 0) is 6.92 Å². The van der Waals surface area contributed by atoms with Crippen LogP contribution in [0.2, 0.25) is 0 Å². The highest BCUT2D eigenvalue weighted by atomic mass is 16.5. The van der Waals surface area contributed by atoms with E-state index in [1.165, 1.54) is 6.92 Å². The lowest BCUT2D eigenvalue weighted by Crippen LogP contribution is -2.50. The normalized spacial score (nSPS) is 32.2. The molecule has 0 aromatic rings. The molecule has 0 saturated carbocycles. The number of hydroxylamine groups is 2. The number of rotatable bonds is 0. The molecule has 11 heavy (non-hydrogen) atoms. The van der Waals surface area contributed by atoms with Crippen LogP contribution in [0, 0.1) is 0 Å². The molecule has 2 unspecified atom stereocenters. The van der Waals surface area contributed by atoms with Crippen LogP contribution in [0.1, 0.15) is 6.92 Å². The van der Waals surface area contributed by atoms with Crippen molar-refractivity contribution in [3.63, 3.8) is 0 Å². The van der Waals surface area contributed by atoms with Crippen molar-refractivity contribution >= 4 is 11.6 Å². The van der Waals surface area contributed by atoms with Gasteiger partial charge >= 0.3 is 0 Å². The molecule has 1 heterocycles. The third-order valence-electron chi connectivity index (χ3n) is 1.38. The Kier molecular flexibility index (Phi) is 1.90. The lowest BCUT2D eigenvalue weighted by molar-refractivity contribution is -0.176. The minimum atomic E-state index is -1.71. The molecule has 0 fully saturated rings. The van der Waals surface area contributed by atoms with Gasteiger partial charge in [0.05, 0.1) is 0 Å². The predicted octanol–water partition coefficient (Wildman–Crippen LogP) is -1.68. The Bertz CT molecular complexity index is 215. The lowest BCUT2D eigenvalue weighted by Gasteiger charge is -2.26. The van der Waals surface area contributed by atoms with E-state index in [4.69, 9.17) is 15.4 Å². The van der Waals surface area contributed by atoms with Crippen LogP contribution in [0.15, 0.2) is 4.99 Å². The molecule has 0 amide bonds. The molecule has 0 aromatic carbocycles. The van der Waals surface area contributed by atoms with E-state index < -0.39 is 18.2 Å². The van der Waals surface area contributed by atoms with Crippen molar-refractivity contribution < 1.29 is 20.2 Å². The van der Waals surface area contributed by atoms with Gasteiger partial charge in [-0.3, -0.25) is 10.0 Å². The quantitative estimate of drug-likeness (QED) is 0.393. The van der Waals surface area contributed by atoms with Gasteiger partial charge in [0.25, 0.3) is 0 Å². The number of Topliss-reactive ketones (excluding diaryl/α,β-unsaturated/α-hetero) is 1. The summed E-state index contributed by atoms with van der Waals surface area (Å²) in [5, 5.41) is 26.8. The molecule has 6 nitrogen and oxygen atoms in total. The molecule has 1 aliphatic rings. The zero-order valence-corrected chi connectivity index (χ0v) is 5.80. The van der Waals surface area contributed by atoms with Crippen LogP contribution in [0.5, 0.6) is 0 Å². The van der Waals surface area contributed by atoms with E-state index in [2.05, 4.69) is 4.99 Å². The number of nitrogens with zero attached hydrogens (tertiary/aromatic N) is 2. The van der Waals surface area contributed by atoms with Crippen molar-refractivity contribution in [2.24, 2.45) is 4.99 Å². The number of ketones is 1. The van der Waals surface area contributed by atoms with Crippen LogP contribution in [-0.2, 0) is 4.79 Å². The molecule has 1 rings (SSSR count). The van der Waals surface area contributed by atoms with Crippen LogP contribution in [0.25, 0.3) is 0 Å². The van der Waals surface area contributed by atoms with E-state index >= 15 is 0 Å². The topological polar surface area (TPSA) is 93.4 Å². The van der Waals surface area contributed by atoms with Gasteiger partial charge in [-0.2, -0.15) is 0 Å². The summed E-state index contributed by atoms with van der Waals surface area (Å²) in [5.74, 6) is -0.928. The summed E-state index contributed by atoms with van der Waals surface area (Å²) in [6.07, 6.45) is -3.27. The van der Waals surface area contributed by atoms with Gasteiger partial charge in [0.2, 0.25) is 18.2 Å². The molecule has 6 heteroatoms. The number of aliphatic hydroxyl groups is 2. The number of aliphatic hydroxyl groups excluding tert-OH is 2. The average molecular weight is 160 g/mol. The molecular weight excluding hydrogens is 152 g/mol. The number of hydrogen-bond acceptors (Lipinski definition) is 6. The van der Waals surface area contributed by atoms with Gasteiger partial charge in [-0.15, -0.1) is 0 Å². The Morgan fingerprint density at radius 1 is 1.55 bits per heavy atom. The number of carbonyl (C=O) groups is 1. The zero-order chi connectivity index (χ0) is 8.59. The minimum absolute atomic E-state index is 0.00426. The molecule has 62 valence electrons. The first-order chi connectivity index (χ1) is 5.04. The second-order valence-electron chi connectivity index (χ2n) is 2.17. The maximum atomic E-state index is 10.7. The Labute approximate surface area is 62.3 Å². The first-order valence-electron chi connectivity index (χ1n) is 2.96. The standard InChI is InChI=1S/C5H8N2O4/c1-2-6-4(9)3(8)5(10)7(2)11/h4-5,9-11H,1H3. The molecule has 0 aliphatic carbocycles. The largest absolute Gasteiger partial charge is 0.365 e. The van der Waals surface area contributed by atoms with Crippen molar-refractivity contribution in [2.75, 3.05) is 0 Å². The Hall–Kier alpha value is -0.980. The van der Waals surface area contributed by atoms with Gasteiger partial charge in [0.15, 0.2) is 0 Å². The van der Waals surface area contributed by atoms with Gasteiger partial charge in [-0.1, -0.05) is 0 Å². The SMILES string of the molecule is CC1=NC(O)C(=O)C(O)N1O. The van der Waals surface area contributed by atoms with Gasteiger partial charge in [-0.25, -0.2) is 10.1 Å². The predicted molar refractivity (Wildman–Crippen MR) is 33.8 cm³/mol. The van der Waals surface area contributed by atoms with E-state index in [1.807, 2.05) is 0 Å². The van der Waals surface area contributed by atoms with Crippen molar-refractivity contribution in [1.82, 2.24) is 5.06 Å². The monoisotopic (exact) mass is 160 g/mol. The summed E-state index contributed by atoms with van der Waals surface area (Å²) in [6, 6.07) is 0. The first kappa shape index (κ1) is 8.12. The van der Waals surface area contributed by atoms with Crippen molar-refractivity contribution in [2.45, 2.75) is 19.4 Å². The van der Waals surface area contributed by atoms with Crippen LogP contribution in [-0.4, -0.2) is 44.6 Å². The van der Waals surface area contributed by atoms with Crippen LogP contribution < -0.4 is 0 Å². The number of aliphatic imine (C=N–C) groups is 1. The molecular formula is C5H8N2O4. The summed E-state index contributed by atoms with van der Waals surface area (Å²) in [5.41, 5.74) is 0. The van der Waals surface area contributed by atoms with Crippen LogP contribution in [0.3, 0.4) is 0 Å². The van der Waals surface area contributed by atoms with Crippen molar-refractivity contribution in [3.05, 3.63) is 0 Å². The van der Waals surface area contributed by atoms with E-state index in [0.29, 0.717) is 5.06 Å². The van der Waals surface area contributed by atoms with Crippen molar-refractivity contribution in [1.29, 1.82) is 0 Å². The molecule has 2 atom stereocenters. The summed E-state index contributed by atoms with van der Waals surface area (Å²) in [6.45, 7) is 1.36. The third kappa shape index (κ3) is 1.23. The van der Waals surface area contributed by atoms with E-state index in [1.54, 1.807) is 0 Å². The fraction of sp³-hybridized carbons (Fsp3) is 0.600. The second-order valence-corrected chi connectivity index (χ2v) is 2.17.